The van der Waals surface area contributed by atoms with E-state index in [1.165, 1.54) is 0 Å². The molecule has 2 aromatic carbocycles. The normalized spacial score (nSPS) is 12.4. The van der Waals surface area contributed by atoms with E-state index >= 15 is 0 Å². The number of thiophene rings is 1. The standard InChI is InChI=1S/C20H19NO2S/c1-14(19-4-3-11-24-19)21-20(22)10-6-15-5-7-17-13-18(23-2)9-8-16(17)12-15/h3-14H,1-2H3,(H,21,22)/b10-6+/t14-/m0/s1. The minimum atomic E-state index is -0.0919. The van der Waals surface area contributed by atoms with Gasteiger partial charge in [0.15, 0.2) is 0 Å². The van der Waals surface area contributed by atoms with Gasteiger partial charge < -0.3 is 10.1 Å². The zero-order valence-corrected chi connectivity index (χ0v) is 14.5. The second-order valence-corrected chi connectivity index (χ2v) is 6.53. The largest absolute Gasteiger partial charge is 0.497 e. The van der Waals surface area contributed by atoms with Gasteiger partial charge in [-0.1, -0.05) is 24.3 Å². The monoisotopic (exact) mass is 337 g/mol. The van der Waals surface area contributed by atoms with E-state index in [0.29, 0.717) is 0 Å². The van der Waals surface area contributed by atoms with E-state index in [1.54, 1.807) is 24.5 Å². The lowest BCUT2D eigenvalue weighted by Crippen LogP contribution is -2.23. The molecule has 0 saturated carbocycles. The maximum Gasteiger partial charge on any atom is 0.244 e. The average molecular weight is 337 g/mol. The summed E-state index contributed by atoms with van der Waals surface area (Å²) in [5.41, 5.74) is 0.992. The Morgan fingerprint density at radius 2 is 1.96 bits per heavy atom. The molecule has 0 aliphatic rings. The van der Waals surface area contributed by atoms with Gasteiger partial charge in [0.05, 0.1) is 13.2 Å². The number of hydrogen-bond donors (Lipinski definition) is 1. The maximum atomic E-state index is 12.1. The second-order valence-electron chi connectivity index (χ2n) is 5.55. The molecule has 1 heterocycles. The first-order valence-corrected chi connectivity index (χ1v) is 8.63. The van der Waals surface area contributed by atoms with Gasteiger partial charge in [-0.2, -0.15) is 0 Å². The van der Waals surface area contributed by atoms with Crippen molar-refractivity contribution >= 4 is 34.1 Å². The quantitative estimate of drug-likeness (QED) is 0.679. The number of carbonyl (C=O) groups is 1. The van der Waals surface area contributed by atoms with Gasteiger partial charge in [-0.25, -0.2) is 0 Å². The molecule has 1 atom stereocenters. The molecule has 0 bridgehead atoms. The van der Waals surface area contributed by atoms with Gasteiger partial charge in [0.25, 0.3) is 0 Å². The van der Waals surface area contributed by atoms with Crippen molar-refractivity contribution in [2.75, 3.05) is 7.11 Å². The smallest absolute Gasteiger partial charge is 0.244 e. The molecule has 0 saturated heterocycles. The van der Waals surface area contributed by atoms with Gasteiger partial charge in [-0.05, 0) is 59.0 Å². The fourth-order valence-electron chi connectivity index (χ4n) is 2.52. The number of hydrogen-bond acceptors (Lipinski definition) is 3. The molecule has 0 fully saturated rings. The Morgan fingerprint density at radius 3 is 2.71 bits per heavy atom. The molecule has 0 unspecified atom stereocenters. The van der Waals surface area contributed by atoms with Crippen LogP contribution in [0.4, 0.5) is 0 Å². The van der Waals surface area contributed by atoms with Crippen LogP contribution >= 0.6 is 11.3 Å². The Hall–Kier alpha value is -2.59. The predicted octanol–water partition coefficient (Wildman–Crippen LogP) is 4.80. The third-order valence-electron chi connectivity index (χ3n) is 3.83. The van der Waals surface area contributed by atoms with Crippen molar-refractivity contribution in [1.82, 2.24) is 5.32 Å². The molecular formula is C20H19NO2S. The first kappa shape index (κ1) is 16.3. The summed E-state index contributed by atoms with van der Waals surface area (Å²) in [5, 5.41) is 7.21. The van der Waals surface area contributed by atoms with Crippen molar-refractivity contribution < 1.29 is 9.53 Å². The van der Waals surface area contributed by atoms with E-state index in [2.05, 4.69) is 11.4 Å². The molecular weight excluding hydrogens is 318 g/mol. The summed E-state index contributed by atoms with van der Waals surface area (Å²) in [7, 11) is 1.66. The molecule has 0 spiro atoms. The molecule has 0 radical (unpaired) electrons. The van der Waals surface area contributed by atoms with Crippen LogP contribution in [0.25, 0.3) is 16.8 Å². The highest BCUT2D eigenvalue weighted by molar-refractivity contribution is 7.10. The third-order valence-corrected chi connectivity index (χ3v) is 4.88. The van der Waals surface area contributed by atoms with Crippen LogP contribution < -0.4 is 10.1 Å². The molecule has 1 amide bonds. The van der Waals surface area contributed by atoms with Gasteiger partial charge in [-0.3, -0.25) is 4.79 Å². The van der Waals surface area contributed by atoms with Crippen LogP contribution in [0.5, 0.6) is 5.75 Å². The Balaban J connectivity index is 1.69. The van der Waals surface area contributed by atoms with E-state index in [9.17, 15) is 4.79 Å². The van der Waals surface area contributed by atoms with Crippen molar-refractivity contribution in [3.8, 4) is 5.75 Å². The van der Waals surface area contributed by atoms with Crippen LogP contribution in [0, 0.1) is 0 Å². The number of rotatable bonds is 5. The highest BCUT2D eigenvalue weighted by atomic mass is 32.1. The molecule has 24 heavy (non-hydrogen) atoms. The molecule has 0 aliphatic heterocycles. The fourth-order valence-corrected chi connectivity index (χ4v) is 3.25. The minimum Gasteiger partial charge on any atom is -0.497 e. The van der Waals surface area contributed by atoms with Crippen molar-refractivity contribution in [3.05, 3.63) is 70.4 Å². The summed E-state index contributed by atoms with van der Waals surface area (Å²) >= 11 is 1.64. The Kier molecular flexibility index (Phi) is 4.96. The van der Waals surface area contributed by atoms with Crippen molar-refractivity contribution in [3.63, 3.8) is 0 Å². The van der Waals surface area contributed by atoms with Gasteiger partial charge in [0, 0.05) is 11.0 Å². The van der Waals surface area contributed by atoms with E-state index < -0.39 is 0 Å². The Morgan fingerprint density at radius 1 is 1.17 bits per heavy atom. The summed E-state index contributed by atoms with van der Waals surface area (Å²) in [5.74, 6) is 0.749. The van der Waals surface area contributed by atoms with Crippen LogP contribution in [0.1, 0.15) is 23.4 Å². The lowest BCUT2D eigenvalue weighted by Gasteiger charge is -2.09. The zero-order chi connectivity index (χ0) is 16.9. The van der Waals surface area contributed by atoms with E-state index in [-0.39, 0.29) is 11.9 Å². The van der Waals surface area contributed by atoms with Gasteiger partial charge in [0.2, 0.25) is 5.91 Å². The molecule has 0 aliphatic carbocycles. The van der Waals surface area contributed by atoms with Gasteiger partial charge in [-0.15, -0.1) is 11.3 Å². The lowest BCUT2D eigenvalue weighted by atomic mass is 10.1. The summed E-state index contributed by atoms with van der Waals surface area (Å²) < 4.78 is 5.23. The Bertz CT molecular complexity index is 868. The van der Waals surface area contributed by atoms with Crippen molar-refractivity contribution in [2.45, 2.75) is 13.0 Å². The highest BCUT2D eigenvalue weighted by Crippen LogP contribution is 2.22. The minimum absolute atomic E-state index is 0.0196. The highest BCUT2D eigenvalue weighted by Gasteiger charge is 2.07. The summed E-state index contributed by atoms with van der Waals surface area (Å²) in [6, 6.07) is 16.1. The first-order valence-electron chi connectivity index (χ1n) is 7.75. The van der Waals surface area contributed by atoms with E-state index in [4.69, 9.17) is 4.74 Å². The molecule has 3 aromatic rings. The molecule has 3 nitrogen and oxygen atoms in total. The van der Waals surface area contributed by atoms with Crippen LogP contribution in [0.3, 0.4) is 0 Å². The number of carbonyl (C=O) groups excluding carboxylic acids is 1. The number of fused-ring (bicyclic) bond motifs is 1. The maximum absolute atomic E-state index is 12.1. The van der Waals surface area contributed by atoms with Crippen LogP contribution in [0.15, 0.2) is 60.0 Å². The number of nitrogens with one attached hydrogen (secondary N) is 1. The zero-order valence-electron chi connectivity index (χ0n) is 13.7. The van der Waals surface area contributed by atoms with Crippen LogP contribution in [-0.4, -0.2) is 13.0 Å². The number of benzene rings is 2. The van der Waals surface area contributed by atoms with Crippen molar-refractivity contribution in [1.29, 1.82) is 0 Å². The average Bonchev–Trinajstić information content (AvgIpc) is 3.14. The number of ether oxygens (including phenoxy) is 1. The SMILES string of the molecule is COc1ccc2cc(/C=C/C(=O)N[C@@H](C)c3cccs3)ccc2c1. The second kappa shape index (κ2) is 7.32. The first-order chi connectivity index (χ1) is 11.7. The van der Waals surface area contributed by atoms with Gasteiger partial charge >= 0.3 is 0 Å². The van der Waals surface area contributed by atoms with Crippen LogP contribution in [-0.2, 0) is 4.79 Å². The lowest BCUT2D eigenvalue weighted by molar-refractivity contribution is -0.117. The summed E-state index contributed by atoms with van der Waals surface area (Å²) in [6.45, 7) is 1.99. The van der Waals surface area contributed by atoms with Crippen LogP contribution in [0.2, 0.25) is 0 Å². The van der Waals surface area contributed by atoms with E-state index in [1.807, 2.05) is 60.8 Å². The third kappa shape index (κ3) is 3.84. The molecule has 122 valence electrons. The molecule has 3 rings (SSSR count). The molecule has 1 N–H and O–H groups in total. The molecule has 4 heteroatoms. The van der Waals surface area contributed by atoms with Gasteiger partial charge in [0.1, 0.15) is 5.75 Å². The van der Waals surface area contributed by atoms with Crippen molar-refractivity contribution in [2.24, 2.45) is 0 Å². The summed E-state index contributed by atoms with van der Waals surface area (Å²) in [6.07, 6.45) is 3.41. The fraction of sp³-hybridized carbons (Fsp3) is 0.150. The van der Waals surface area contributed by atoms with E-state index in [0.717, 1.165) is 27.0 Å². The number of amides is 1. The molecule has 1 aromatic heterocycles. The summed E-state index contributed by atoms with van der Waals surface area (Å²) in [4.78, 5) is 13.2. The Labute approximate surface area is 145 Å². The number of methoxy groups -OCH3 is 1. The topological polar surface area (TPSA) is 38.3 Å². The predicted molar refractivity (Wildman–Crippen MR) is 100 cm³/mol.